The van der Waals surface area contributed by atoms with Gasteiger partial charge in [-0.2, -0.15) is 0 Å². The van der Waals surface area contributed by atoms with Gasteiger partial charge in [-0.05, 0) is 18.6 Å². The molecule has 1 atom stereocenters. The van der Waals surface area contributed by atoms with E-state index in [0.717, 1.165) is 11.3 Å². The molecule has 4 heteroatoms. The first kappa shape index (κ1) is 11.8. The first-order valence-electron chi connectivity index (χ1n) is 5.78. The van der Waals surface area contributed by atoms with E-state index < -0.39 is 6.10 Å². The van der Waals surface area contributed by atoms with Crippen LogP contribution < -0.4 is 0 Å². The van der Waals surface area contributed by atoms with E-state index >= 15 is 0 Å². The number of benzene rings is 1. The highest BCUT2D eigenvalue weighted by atomic mass is 16.3. The van der Waals surface area contributed by atoms with Gasteiger partial charge in [-0.3, -0.25) is 14.5 Å². The number of β-amino-alcohol motifs (C(OH)–C–C–N with tert-alkyl or cyclic N) is 1. The maximum atomic E-state index is 11.9. The molecular formula is C13H15NO3. The van der Waals surface area contributed by atoms with Crippen LogP contribution in [0.5, 0.6) is 0 Å². The summed E-state index contributed by atoms with van der Waals surface area (Å²) in [5.74, 6) is -0.610. The fourth-order valence-electron chi connectivity index (χ4n) is 2.04. The summed E-state index contributed by atoms with van der Waals surface area (Å²) in [5.41, 5.74) is 0.863. The minimum absolute atomic E-state index is 0.0835. The first-order chi connectivity index (χ1) is 8.15. The highest BCUT2D eigenvalue weighted by molar-refractivity contribution is 6.21. The zero-order chi connectivity index (χ0) is 12.4. The standard InChI is InChI=1S/C13H15NO3/c1-2-5-9(15)8-14-12(16)10-6-3-4-7-11(10)13(14)17/h3-4,6-7,9,15H,2,5,8H2,1H3/t9-/m0/s1. The van der Waals surface area contributed by atoms with Crippen LogP contribution in [0.4, 0.5) is 0 Å². The third kappa shape index (κ3) is 2.08. The Bertz CT molecular complexity index is 421. The molecule has 0 unspecified atom stereocenters. The smallest absolute Gasteiger partial charge is 0.261 e. The van der Waals surface area contributed by atoms with E-state index in [1.807, 2.05) is 6.92 Å². The van der Waals surface area contributed by atoms with Crippen molar-refractivity contribution in [3.63, 3.8) is 0 Å². The number of hydrogen-bond acceptors (Lipinski definition) is 3. The number of carbonyl (C=O) groups is 2. The van der Waals surface area contributed by atoms with Crippen molar-refractivity contribution in [2.75, 3.05) is 6.54 Å². The molecule has 0 spiro atoms. The molecule has 4 nitrogen and oxygen atoms in total. The molecule has 17 heavy (non-hydrogen) atoms. The van der Waals surface area contributed by atoms with E-state index in [0.29, 0.717) is 17.5 Å². The third-order valence-corrected chi connectivity index (χ3v) is 2.89. The lowest BCUT2D eigenvalue weighted by atomic mass is 10.1. The maximum absolute atomic E-state index is 11.9. The van der Waals surface area contributed by atoms with Gasteiger partial charge in [0.15, 0.2) is 0 Å². The van der Waals surface area contributed by atoms with E-state index in [2.05, 4.69) is 0 Å². The molecule has 0 fully saturated rings. The molecule has 0 saturated heterocycles. The summed E-state index contributed by atoms with van der Waals surface area (Å²) in [6.07, 6.45) is 0.778. The lowest BCUT2D eigenvalue weighted by molar-refractivity contribution is 0.0532. The summed E-state index contributed by atoms with van der Waals surface area (Å²) < 4.78 is 0. The molecule has 1 aliphatic rings. The summed E-state index contributed by atoms with van der Waals surface area (Å²) in [7, 11) is 0. The second-order valence-electron chi connectivity index (χ2n) is 4.21. The van der Waals surface area contributed by atoms with E-state index in [1.165, 1.54) is 0 Å². The van der Waals surface area contributed by atoms with Crippen molar-refractivity contribution < 1.29 is 14.7 Å². The third-order valence-electron chi connectivity index (χ3n) is 2.89. The average Bonchev–Trinajstić information content (AvgIpc) is 2.56. The van der Waals surface area contributed by atoms with Gasteiger partial charge >= 0.3 is 0 Å². The molecule has 1 aliphatic heterocycles. The Balaban J connectivity index is 2.19. The lowest BCUT2D eigenvalue weighted by Gasteiger charge is -2.17. The topological polar surface area (TPSA) is 57.6 Å². The number of aliphatic hydroxyl groups is 1. The predicted molar refractivity (Wildman–Crippen MR) is 62.7 cm³/mol. The van der Waals surface area contributed by atoms with Gasteiger partial charge in [0.2, 0.25) is 0 Å². The number of nitrogens with zero attached hydrogens (tertiary/aromatic N) is 1. The van der Waals surface area contributed by atoms with Crippen LogP contribution >= 0.6 is 0 Å². The predicted octanol–water partition coefficient (Wildman–Crippen LogP) is 1.44. The zero-order valence-electron chi connectivity index (χ0n) is 9.72. The van der Waals surface area contributed by atoms with E-state index in [-0.39, 0.29) is 18.4 Å². The summed E-state index contributed by atoms with van der Waals surface area (Å²) in [6.45, 7) is 2.03. The number of imide groups is 1. The summed E-state index contributed by atoms with van der Waals surface area (Å²) >= 11 is 0. The van der Waals surface area contributed by atoms with Crippen LogP contribution in [-0.4, -0.2) is 34.5 Å². The molecule has 2 amide bonds. The molecule has 90 valence electrons. The molecule has 1 aromatic carbocycles. The molecule has 0 aromatic heterocycles. The van der Waals surface area contributed by atoms with Gasteiger partial charge in [-0.25, -0.2) is 0 Å². The van der Waals surface area contributed by atoms with Crippen molar-refractivity contribution >= 4 is 11.8 Å². The molecule has 1 heterocycles. The number of aliphatic hydroxyl groups excluding tert-OH is 1. The molecule has 2 rings (SSSR count). The van der Waals surface area contributed by atoms with Crippen LogP contribution in [0.2, 0.25) is 0 Å². The van der Waals surface area contributed by atoms with Crippen molar-refractivity contribution in [3.8, 4) is 0 Å². The van der Waals surface area contributed by atoms with Crippen molar-refractivity contribution in [1.29, 1.82) is 0 Å². The van der Waals surface area contributed by atoms with Crippen molar-refractivity contribution in [2.24, 2.45) is 0 Å². The van der Waals surface area contributed by atoms with E-state index in [9.17, 15) is 14.7 Å². The number of amides is 2. The van der Waals surface area contributed by atoms with Gasteiger partial charge in [0.25, 0.3) is 11.8 Å². The molecule has 0 saturated carbocycles. The molecule has 0 aliphatic carbocycles. The van der Waals surface area contributed by atoms with E-state index in [4.69, 9.17) is 0 Å². The van der Waals surface area contributed by atoms with Gasteiger partial charge in [0, 0.05) is 0 Å². The Kier molecular flexibility index (Phi) is 3.24. The van der Waals surface area contributed by atoms with Crippen molar-refractivity contribution in [3.05, 3.63) is 35.4 Å². The summed E-state index contributed by atoms with van der Waals surface area (Å²) in [6, 6.07) is 6.75. The van der Waals surface area contributed by atoms with Crippen LogP contribution in [0.25, 0.3) is 0 Å². The summed E-state index contributed by atoms with van der Waals surface area (Å²) in [5, 5.41) is 9.68. The minimum atomic E-state index is -0.637. The monoisotopic (exact) mass is 233 g/mol. The van der Waals surface area contributed by atoms with Crippen LogP contribution in [0.1, 0.15) is 40.5 Å². The highest BCUT2D eigenvalue weighted by Crippen LogP contribution is 2.22. The molecule has 1 N–H and O–H groups in total. The number of rotatable bonds is 4. The van der Waals surface area contributed by atoms with E-state index in [1.54, 1.807) is 24.3 Å². The second kappa shape index (κ2) is 4.67. The second-order valence-corrected chi connectivity index (χ2v) is 4.21. The maximum Gasteiger partial charge on any atom is 0.261 e. The van der Waals surface area contributed by atoms with Crippen molar-refractivity contribution in [1.82, 2.24) is 4.90 Å². The molecule has 1 aromatic rings. The Labute approximate surface area is 99.9 Å². The Hall–Kier alpha value is -1.68. The number of fused-ring (bicyclic) bond motifs is 1. The SMILES string of the molecule is CCC[C@H](O)CN1C(=O)c2ccccc2C1=O. The number of hydrogen-bond donors (Lipinski definition) is 1. The van der Waals surface area contributed by atoms with Crippen molar-refractivity contribution in [2.45, 2.75) is 25.9 Å². The highest BCUT2D eigenvalue weighted by Gasteiger charge is 2.35. The van der Waals surface area contributed by atoms with Crippen LogP contribution in [0.3, 0.4) is 0 Å². The van der Waals surface area contributed by atoms with Gasteiger partial charge in [-0.1, -0.05) is 25.5 Å². The minimum Gasteiger partial charge on any atom is -0.391 e. The quantitative estimate of drug-likeness (QED) is 0.801. The average molecular weight is 233 g/mol. The van der Waals surface area contributed by atoms with Gasteiger partial charge < -0.3 is 5.11 Å². The fourth-order valence-corrected chi connectivity index (χ4v) is 2.04. The molecule has 0 bridgehead atoms. The Morgan fingerprint density at radius 1 is 1.18 bits per heavy atom. The number of carbonyl (C=O) groups excluding carboxylic acids is 2. The fraction of sp³-hybridized carbons (Fsp3) is 0.385. The van der Waals surface area contributed by atoms with Gasteiger partial charge in [0.05, 0.1) is 23.8 Å². The van der Waals surface area contributed by atoms with Crippen LogP contribution in [0, 0.1) is 0 Å². The first-order valence-corrected chi connectivity index (χ1v) is 5.78. The largest absolute Gasteiger partial charge is 0.391 e. The lowest BCUT2D eigenvalue weighted by Crippen LogP contribution is -2.36. The van der Waals surface area contributed by atoms with Gasteiger partial charge in [-0.15, -0.1) is 0 Å². The Morgan fingerprint density at radius 3 is 2.18 bits per heavy atom. The normalized spacial score (nSPS) is 16.2. The summed E-state index contributed by atoms with van der Waals surface area (Å²) in [4.78, 5) is 25.0. The molecular weight excluding hydrogens is 218 g/mol. The van der Waals surface area contributed by atoms with Gasteiger partial charge in [0.1, 0.15) is 0 Å². The van der Waals surface area contributed by atoms with Crippen LogP contribution in [-0.2, 0) is 0 Å². The van der Waals surface area contributed by atoms with Crippen LogP contribution in [0.15, 0.2) is 24.3 Å². The Morgan fingerprint density at radius 2 is 1.71 bits per heavy atom. The zero-order valence-corrected chi connectivity index (χ0v) is 9.72. The molecule has 0 radical (unpaired) electrons.